The number of carbonyl (C=O) groups is 1. The molecule has 1 fully saturated rings. The summed E-state index contributed by atoms with van der Waals surface area (Å²) < 4.78 is 39.1. The quantitative estimate of drug-likeness (QED) is 0.473. The molecule has 0 aliphatic carbocycles. The van der Waals surface area contributed by atoms with Gasteiger partial charge in [-0.05, 0) is 57.5 Å². The molecule has 3 N–H and O–H groups in total. The third kappa shape index (κ3) is 6.53. The van der Waals surface area contributed by atoms with Crippen molar-refractivity contribution in [3.05, 3.63) is 42.1 Å². The first-order valence-electron chi connectivity index (χ1n) is 11.2. The maximum Gasteiger partial charge on any atom is 0.490 e. The van der Waals surface area contributed by atoms with Crippen LogP contribution in [0.1, 0.15) is 25.3 Å². The van der Waals surface area contributed by atoms with Crippen LogP contribution < -0.4 is 20.3 Å². The second kappa shape index (κ2) is 11.3. The van der Waals surface area contributed by atoms with Gasteiger partial charge in [-0.1, -0.05) is 0 Å². The number of hydrogen-bond donors (Lipinski definition) is 3. The predicted molar refractivity (Wildman–Crippen MR) is 127 cm³/mol. The number of benzene rings is 1. The molecule has 35 heavy (non-hydrogen) atoms. The lowest BCUT2D eigenvalue weighted by Gasteiger charge is -2.33. The number of nitrogens with zero attached hydrogens (tertiary/aromatic N) is 4. The molecule has 0 radical (unpaired) electrons. The van der Waals surface area contributed by atoms with E-state index in [1.807, 2.05) is 41.8 Å². The monoisotopic (exact) mass is 494 g/mol. The van der Waals surface area contributed by atoms with Crippen LogP contribution in [0.4, 0.5) is 30.5 Å². The van der Waals surface area contributed by atoms with Gasteiger partial charge in [0.1, 0.15) is 17.4 Å². The van der Waals surface area contributed by atoms with Crippen molar-refractivity contribution in [3.63, 3.8) is 0 Å². The summed E-state index contributed by atoms with van der Waals surface area (Å²) in [4.78, 5) is 16.1. The topological polar surface area (TPSA) is 104 Å². The summed E-state index contributed by atoms with van der Waals surface area (Å²) in [6.45, 7) is 6.84. The number of ether oxygens (including phenoxy) is 1. The van der Waals surface area contributed by atoms with Gasteiger partial charge in [0.05, 0.1) is 12.8 Å². The van der Waals surface area contributed by atoms with E-state index in [0.717, 1.165) is 47.4 Å². The summed E-state index contributed by atoms with van der Waals surface area (Å²) in [5.74, 6) is 0.0429. The number of likely N-dealkylation sites (N-methyl/N-ethyl adjacent to an activating group) is 1. The van der Waals surface area contributed by atoms with Gasteiger partial charge >= 0.3 is 12.1 Å². The number of halogens is 3. The number of fused-ring (bicyclic) bond motifs is 1. The molecule has 1 aliphatic rings. The number of alkyl halides is 3. The Bertz CT molecular complexity index is 1130. The first-order chi connectivity index (χ1) is 16.6. The highest BCUT2D eigenvalue weighted by Gasteiger charge is 2.38. The summed E-state index contributed by atoms with van der Waals surface area (Å²) in [7, 11) is 2.14. The largest absolute Gasteiger partial charge is 0.494 e. The number of rotatable bonds is 6. The third-order valence-corrected chi connectivity index (χ3v) is 5.57. The molecule has 0 spiro atoms. The molecule has 0 saturated carbocycles. The summed E-state index contributed by atoms with van der Waals surface area (Å²) in [6.07, 6.45) is -0.923. The van der Waals surface area contributed by atoms with Crippen molar-refractivity contribution in [2.24, 2.45) is 0 Å². The Morgan fingerprint density at radius 2 is 2.00 bits per heavy atom. The molecule has 1 saturated heterocycles. The van der Waals surface area contributed by atoms with Crippen LogP contribution in [-0.2, 0) is 4.79 Å². The molecule has 0 bridgehead atoms. The Hall–Kier alpha value is -3.54. The number of piperidine rings is 1. The Kier molecular flexibility index (Phi) is 8.39. The Morgan fingerprint density at radius 1 is 1.31 bits per heavy atom. The lowest BCUT2D eigenvalue weighted by atomic mass is 10.1. The molecule has 12 heteroatoms. The molecule has 0 amide bonds. The van der Waals surface area contributed by atoms with Gasteiger partial charge in [-0.3, -0.25) is 0 Å². The minimum absolute atomic E-state index is 0.448. The summed E-state index contributed by atoms with van der Waals surface area (Å²) in [6, 6.07) is 10.4. The summed E-state index contributed by atoms with van der Waals surface area (Å²) >= 11 is 0. The molecule has 1 atom stereocenters. The van der Waals surface area contributed by atoms with Gasteiger partial charge in [0.15, 0.2) is 5.65 Å². The summed E-state index contributed by atoms with van der Waals surface area (Å²) in [5.41, 5.74) is 2.91. The maximum atomic E-state index is 10.6. The van der Waals surface area contributed by atoms with Crippen LogP contribution in [0.5, 0.6) is 5.75 Å². The fourth-order valence-electron chi connectivity index (χ4n) is 3.78. The van der Waals surface area contributed by atoms with Crippen molar-refractivity contribution >= 4 is 28.9 Å². The van der Waals surface area contributed by atoms with Crippen LogP contribution in [0.15, 0.2) is 36.5 Å². The first kappa shape index (κ1) is 26.1. The van der Waals surface area contributed by atoms with Gasteiger partial charge in [-0.15, -0.1) is 0 Å². The SMILES string of the molecule is CCOc1ccc(Nc2c(C)c(N(C)C3CCCNC3)nc3ccnn23)cc1.O=C(O)C(F)(F)F. The molecular formula is C23H29F3N6O3. The number of aromatic nitrogens is 3. The van der Waals surface area contributed by atoms with Crippen molar-refractivity contribution < 1.29 is 27.8 Å². The highest BCUT2D eigenvalue weighted by molar-refractivity contribution is 5.73. The van der Waals surface area contributed by atoms with Gasteiger partial charge in [-0.2, -0.15) is 22.8 Å². The van der Waals surface area contributed by atoms with Crippen molar-refractivity contribution in [2.75, 3.05) is 37.0 Å². The normalized spacial score (nSPS) is 15.8. The number of nitrogens with one attached hydrogen (secondary N) is 2. The predicted octanol–water partition coefficient (Wildman–Crippen LogP) is 4.00. The zero-order valence-corrected chi connectivity index (χ0v) is 19.8. The van der Waals surface area contributed by atoms with Gasteiger partial charge in [-0.25, -0.2) is 9.78 Å². The smallest absolute Gasteiger partial charge is 0.490 e. The van der Waals surface area contributed by atoms with Crippen molar-refractivity contribution in [1.29, 1.82) is 0 Å². The van der Waals surface area contributed by atoms with E-state index in [1.54, 1.807) is 6.20 Å². The van der Waals surface area contributed by atoms with Crippen LogP contribution >= 0.6 is 0 Å². The van der Waals surface area contributed by atoms with Crippen LogP contribution in [0, 0.1) is 6.92 Å². The van der Waals surface area contributed by atoms with Crippen LogP contribution in [-0.4, -0.2) is 64.6 Å². The molecular weight excluding hydrogens is 465 g/mol. The zero-order valence-electron chi connectivity index (χ0n) is 19.8. The summed E-state index contributed by atoms with van der Waals surface area (Å²) in [5, 5.41) is 18.6. The molecule has 190 valence electrons. The molecule has 3 aromatic rings. The van der Waals surface area contributed by atoms with Crippen LogP contribution in [0.2, 0.25) is 0 Å². The minimum atomic E-state index is -5.08. The van der Waals surface area contributed by atoms with E-state index in [1.165, 1.54) is 12.8 Å². The highest BCUT2D eigenvalue weighted by atomic mass is 19.4. The lowest BCUT2D eigenvalue weighted by molar-refractivity contribution is -0.192. The van der Waals surface area contributed by atoms with E-state index < -0.39 is 12.1 Å². The first-order valence-corrected chi connectivity index (χ1v) is 11.2. The Morgan fingerprint density at radius 3 is 2.57 bits per heavy atom. The molecule has 9 nitrogen and oxygen atoms in total. The second-order valence-corrected chi connectivity index (χ2v) is 8.01. The average Bonchev–Trinajstić information content (AvgIpc) is 3.30. The minimum Gasteiger partial charge on any atom is -0.494 e. The highest BCUT2D eigenvalue weighted by Crippen LogP contribution is 2.30. The van der Waals surface area contributed by atoms with E-state index in [-0.39, 0.29) is 0 Å². The number of hydrogen-bond acceptors (Lipinski definition) is 7. The van der Waals surface area contributed by atoms with Crippen molar-refractivity contribution in [3.8, 4) is 5.75 Å². The molecule has 3 heterocycles. The average molecular weight is 495 g/mol. The van der Waals surface area contributed by atoms with Gasteiger partial charge in [0, 0.05) is 37.0 Å². The maximum absolute atomic E-state index is 10.6. The zero-order chi connectivity index (χ0) is 25.6. The fourth-order valence-corrected chi connectivity index (χ4v) is 3.78. The number of carboxylic acid groups (broad SMARTS) is 1. The Labute approximate surface area is 200 Å². The molecule has 1 unspecified atom stereocenters. The number of anilines is 3. The van der Waals surface area contributed by atoms with E-state index in [4.69, 9.17) is 19.6 Å². The standard InChI is InChI=1S/C21H28N6O.C2HF3O2/c1-4-28-18-9-7-16(8-10-18)24-21-15(2)20(25-19-11-13-23-27(19)21)26(3)17-6-5-12-22-14-17;3-2(4,5)1(6)7/h7-11,13,17,22,24H,4-6,12,14H2,1-3H3;(H,6,7). The Balaban J connectivity index is 0.000000429. The number of carboxylic acids is 1. The van der Waals surface area contributed by atoms with Crippen molar-refractivity contribution in [1.82, 2.24) is 19.9 Å². The van der Waals surface area contributed by atoms with Crippen molar-refractivity contribution in [2.45, 2.75) is 38.9 Å². The van der Waals surface area contributed by atoms with E-state index in [9.17, 15) is 13.2 Å². The van der Waals surface area contributed by atoms with Gasteiger partial charge in [0.2, 0.25) is 0 Å². The van der Waals surface area contributed by atoms with E-state index in [0.29, 0.717) is 12.6 Å². The molecule has 1 aliphatic heterocycles. The van der Waals surface area contributed by atoms with Crippen LogP contribution in [0.3, 0.4) is 0 Å². The van der Waals surface area contributed by atoms with E-state index in [2.05, 4.69) is 34.6 Å². The van der Waals surface area contributed by atoms with Gasteiger partial charge in [0.25, 0.3) is 0 Å². The molecule has 1 aromatic carbocycles. The molecule has 4 rings (SSSR count). The fraction of sp³-hybridized carbons (Fsp3) is 0.435. The second-order valence-electron chi connectivity index (χ2n) is 8.01. The number of aliphatic carboxylic acids is 1. The van der Waals surface area contributed by atoms with Gasteiger partial charge < -0.3 is 25.4 Å². The lowest BCUT2D eigenvalue weighted by Crippen LogP contribution is -2.44. The third-order valence-electron chi connectivity index (χ3n) is 5.57. The van der Waals surface area contributed by atoms with E-state index >= 15 is 0 Å². The molecule has 2 aromatic heterocycles. The van der Waals surface area contributed by atoms with Crippen LogP contribution in [0.25, 0.3) is 5.65 Å².